The maximum Gasteiger partial charge on any atom is 0.250 e. The van der Waals surface area contributed by atoms with Crippen LogP contribution in [0.1, 0.15) is 44.9 Å². The fourth-order valence-corrected chi connectivity index (χ4v) is 6.01. The summed E-state index contributed by atoms with van der Waals surface area (Å²) in [5.41, 5.74) is 1.50. The number of ether oxygens (including phenoxy) is 1. The highest BCUT2D eigenvalue weighted by atomic mass is 19.1. The zero-order valence-electron chi connectivity index (χ0n) is 20.1. The molecule has 3 saturated carbocycles. The Hall–Kier alpha value is -3.36. The summed E-state index contributed by atoms with van der Waals surface area (Å²) < 4.78 is 34.4. The highest BCUT2D eigenvalue weighted by Gasteiger charge is 2.46. The highest BCUT2D eigenvalue weighted by molar-refractivity contribution is 5.72. The van der Waals surface area contributed by atoms with E-state index >= 15 is 4.39 Å². The number of anilines is 1. The summed E-state index contributed by atoms with van der Waals surface area (Å²) in [6.07, 6.45) is 9.51. The smallest absolute Gasteiger partial charge is 0.250 e. The molecule has 188 valence electrons. The second-order valence-electron chi connectivity index (χ2n) is 10.3. The molecule has 3 aromatic rings. The number of phenols is 1. The number of rotatable bonds is 6. The number of fused-ring (bicyclic) bond motifs is 2. The standard InChI is InChI=1S/C27H29F2N5O2/c1-36-27-21(28)11-18(13-31-27)16-5-8-20(23(35)12-16)26-30-14-24(32-33-26)34(19-6-7-19)22-10-15-3-2-4-17(9-15)25(22)29/h5,8,11-15,17,19,22,25,35H,2-4,6-7,9-10H2,1H3/t15-,17+,22+,25-/m1/s1. The number of nitrogens with zero attached hydrogens (tertiary/aromatic N) is 5. The predicted molar refractivity (Wildman–Crippen MR) is 131 cm³/mol. The van der Waals surface area contributed by atoms with Crippen LogP contribution >= 0.6 is 0 Å². The first-order chi connectivity index (χ1) is 17.5. The molecule has 6 rings (SSSR count). The van der Waals surface area contributed by atoms with Crippen molar-refractivity contribution in [3.8, 4) is 34.1 Å². The Morgan fingerprint density at radius 3 is 2.56 bits per heavy atom. The molecule has 0 saturated heterocycles. The van der Waals surface area contributed by atoms with E-state index < -0.39 is 12.0 Å². The number of hydrogen-bond acceptors (Lipinski definition) is 7. The van der Waals surface area contributed by atoms with E-state index in [9.17, 15) is 9.50 Å². The van der Waals surface area contributed by atoms with E-state index in [1.807, 2.05) is 0 Å². The van der Waals surface area contributed by atoms with Gasteiger partial charge in [-0.15, -0.1) is 10.2 Å². The van der Waals surface area contributed by atoms with Crippen LogP contribution in [0.5, 0.6) is 11.6 Å². The molecule has 0 radical (unpaired) electrons. The van der Waals surface area contributed by atoms with E-state index in [1.54, 1.807) is 18.3 Å². The topological polar surface area (TPSA) is 84.3 Å². The summed E-state index contributed by atoms with van der Waals surface area (Å²) in [7, 11) is 1.35. The number of aromatic hydroxyl groups is 1. The van der Waals surface area contributed by atoms with Crippen molar-refractivity contribution in [3.63, 3.8) is 0 Å². The molecule has 1 aromatic carbocycles. The van der Waals surface area contributed by atoms with E-state index in [2.05, 4.69) is 25.1 Å². The Bertz CT molecular complexity index is 1250. The lowest BCUT2D eigenvalue weighted by atomic mass is 9.69. The molecule has 3 aliphatic carbocycles. The first-order valence-corrected chi connectivity index (χ1v) is 12.7. The van der Waals surface area contributed by atoms with E-state index in [1.165, 1.54) is 31.9 Å². The summed E-state index contributed by atoms with van der Waals surface area (Å²) in [5.74, 6) is 0.885. The lowest BCUT2D eigenvalue weighted by Crippen LogP contribution is -2.52. The first-order valence-electron chi connectivity index (χ1n) is 12.7. The zero-order valence-corrected chi connectivity index (χ0v) is 20.1. The van der Waals surface area contributed by atoms with E-state index in [4.69, 9.17) is 4.74 Å². The number of aromatic nitrogens is 4. The van der Waals surface area contributed by atoms with Gasteiger partial charge in [-0.3, -0.25) is 0 Å². The molecule has 3 fully saturated rings. The average molecular weight is 494 g/mol. The highest BCUT2D eigenvalue weighted by Crippen LogP contribution is 2.46. The molecule has 0 aliphatic heterocycles. The van der Waals surface area contributed by atoms with Crippen LogP contribution in [0.15, 0.2) is 36.7 Å². The maximum atomic E-state index is 15.5. The van der Waals surface area contributed by atoms with Crippen molar-refractivity contribution < 1.29 is 18.6 Å². The molecular formula is C27H29F2N5O2. The van der Waals surface area contributed by atoms with Gasteiger partial charge in [0, 0.05) is 17.8 Å². The Morgan fingerprint density at radius 1 is 1.00 bits per heavy atom. The van der Waals surface area contributed by atoms with E-state index in [-0.39, 0.29) is 29.4 Å². The minimum Gasteiger partial charge on any atom is -0.507 e. The summed E-state index contributed by atoms with van der Waals surface area (Å²) in [4.78, 5) is 10.6. The quantitative estimate of drug-likeness (QED) is 0.496. The van der Waals surface area contributed by atoms with Gasteiger partial charge in [0.15, 0.2) is 17.5 Å². The van der Waals surface area contributed by atoms with E-state index in [0.29, 0.717) is 34.5 Å². The molecule has 36 heavy (non-hydrogen) atoms. The van der Waals surface area contributed by atoms with Crippen molar-refractivity contribution in [2.75, 3.05) is 12.0 Å². The van der Waals surface area contributed by atoms with Gasteiger partial charge in [-0.1, -0.05) is 18.9 Å². The monoisotopic (exact) mass is 493 g/mol. The molecule has 0 unspecified atom stereocenters. The third-order valence-electron chi connectivity index (χ3n) is 7.90. The molecule has 9 heteroatoms. The second-order valence-corrected chi connectivity index (χ2v) is 10.3. The number of halogens is 2. The lowest BCUT2D eigenvalue weighted by Gasteiger charge is -2.46. The van der Waals surface area contributed by atoms with Gasteiger partial charge < -0.3 is 14.7 Å². The van der Waals surface area contributed by atoms with Gasteiger partial charge in [-0.2, -0.15) is 0 Å². The molecule has 1 N–H and O–H groups in total. The average Bonchev–Trinajstić information content (AvgIpc) is 3.73. The third-order valence-corrected chi connectivity index (χ3v) is 7.90. The SMILES string of the molecule is COc1ncc(-c2ccc(-c3ncc(N(C4CC4)[C@H]4C[C@@H]5CCC[C@@H](C5)[C@H]4F)nn3)c(O)c2)cc1F. The molecule has 4 atom stereocenters. The predicted octanol–water partition coefficient (Wildman–Crippen LogP) is 5.34. The number of alkyl halides is 1. The molecule has 7 nitrogen and oxygen atoms in total. The fraction of sp³-hybridized carbons (Fsp3) is 0.481. The molecule has 2 aromatic heterocycles. The summed E-state index contributed by atoms with van der Waals surface area (Å²) in [5, 5.41) is 19.4. The van der Waals surface area contributed by atoms with Crippen LogP contribution in [0, 0.1) is 17.7 Å². The number of phenolic OH excluding ortho intramolecular Hbond substituents is 1. The van der Waals surface area contributed by atoms with Gasteiger partial charge >= 0.3 is 0 Å². The van der Waals surface area contributed by atoms with Crippen molar-refractivity contribution in [3.05, 3.63) is 42.5 Å². The molecule has 3 aliphatic rings. The van der Waals surface area contributed by atoms with Crippen LogP contribution in [0.2, 0.25) is 0 Å². The Kier molecular flexibility index (Phi) is 5.93. The van der Waals surface area contributed by atoms with Crippen LogP contribution in [-0.2, 0) is 0 Å². The minimum absolute atomic E-state index is 0.0544. The van der Waals surface area contributed by atoms with Crippen molar-refractivity contribution in [1.82, 2.24) is 20.2 Å². The van der Waals surface area contributed by atoms with Crippen molar-refractivity contribution in [1.29, 1.82) is 0 Å². The molecular weight excluding hydrogens is 464 g/mol. The van der Waals surface area contributed by atoms with Crippen molar-refractivity contribution >= 4 is 5.82 Å². The third kappa shape index (κ3) is 4.24. The van der Waals surface area contributed by atoms with Gasteiger partial charge in [0.2, 0.25) is 5.88 Å². The van der Waals surface area contributed by atoms with Gasteiger partial charge in [0.1, 0.15) is 11.9 Å². The fourth-order valence-electron chi connectivity index (χ4n) is 6.01. The van der Waals surface area contributed by atoms with Crippen LogP contribution < -0.4 is 9.64 Å². The molecule has 0 spiro atoms. The van der Waals surface area contributed by atoms with Gasteiger partial charge in [0.05, 0.1) is 24.9 Å². The molecule has 0 amide bonds. The largest absolute Gasteiger partial charge is 0.507 e. The molecule has 2 heterocycles. The van der Waals surface area contributed by atoms with E-state index in [0.717, 1.165) is 38.5 Å². The van der Waals surface area contributed by atoms with Crippen LogP contribution in [-0.4, -0.2) is 50.6 Å². The summed E-state index contributed by atoms with van der Waals surface area (Å²) in [6.45, 7) is 0. The lowest BCUT2D eigenvalue weighted by molar-refractivity contribution is 0.0631. The Morgan fingerprint density at radius 2 is 1.86 bits per heavy atom. The maximum absolute atomic E-state index is 15.5. The number of hydrogen-bond donors (Lipinski definition) is 1. The van der Waals surface area contributed by atoms with Gasteiger partial charge in [-0.05, 0) is 67.7 Å². The normalized spacial score (nSPS) is 25.4. The van der Waals surface area contributed by atoms with Gasteiger partial charge in [-0.25, -0.2) is 18.7 Å². The number of benzene rings is 1. The van der Waals surface area contributed by atoms with Crippen molar-refractivity contribution in [2.24, 2.45) is 11.8 Å². The zero-order chi connectivity index (χ0) is 24.8. The Labute approximate surface area is 208 Å². The summed E-state index contributed by atoms with van der Waals surface area (Å²) in [6, 6.07) is 6.34. The number of methoxy groups -OCH3 is 1. The summed E-state index contributed by atoms with van der Waals surface area (Å²) >= 11 is 0. The molecule has 2 bridgehead atoms. The number of pyridine rings is 1. The van der Waals surface area contributed by atoms with Crippen molar-refractivity contribution in [2.45, 2.75) is 63.2 Å². The van der Waals surface area contributed by atoms with Crippen LogP contribution in [0.3, 0.4) is 0 Å². The Balaban J connectivity index is 1.25. The first kappa shape index (κ1) is 23.1. The van der Waals surface area contributed by atoms with Crippen LogP contribution in [0.4, 0.5) is 14.6 Å². The van der Waals surface area contributed by atoms with Crippen LogP contribution in [0.25, 0.3) is 22.5 Å². The minimum atomic E-state index is -0.850. The second kappa shape index (κ2) is 9.26. The van der Waals surface area contributed by atoms with Gasteiger partial charge in [0.25, 0.3) is 0 Å².